The first-order chi connectivity index (χ1) is 11.9. The lowest BCUT2D eigenvalue weighted by molar-refractivity contribution is 0.102. The van der Waals surface area contributed by atoms with Crippen LogP contribution < -0.4 is 10.2 Å². The van der Waals surface area contributed by atoms with Gasteiger partial charge in [0.25, 0.3) is 5.91 Å². The third-order valence-electron chi connectivity index (χ3n) is 3.76. The van der Waals surface area contributed by atoms with Gasteiger partial charge < -0.3 is 15.0 Å². The van der Waals surface area contributed by atoms with Gasteiger partial charge in [0.1, 0.15) is 0 Å². The quantitative estimate of drug-likeness (QED) is 0.865. The van der Waals surface area contributed by atoms with Crippen LogP contribution in [0.2, 0.25) is 0 Å². The summed E-state index contributed by atoms with van der Waals surface area (Å²) in [5.74, 6) is 0.297. The van der Waals surface area contributed by atoms with Crippen LogP contribution in [0.5, 0.6) is 0 Å². The molecule has 0 aliphatic carbocycles. The van der Waals surface area contributed by atoms with Gasteiger partial charge in [-0.25, -0.2) is 8.42 Å². The summed E-state index contributed by atoms with van der Waals surface area (Å²) in [7, 11) is -3.26. The van der Waals surface area contributed by atoms with Gasteiger partial charge in [-0.15, -0.1) is 10.2 Å². The first-order valence-electron chi connectivity index (χ1n) is 7.71. The summed E-state index contributed by atoms with van der Waals surface area (Å²) in [5.41, 5.74) is 0.667. The van der Waals surface area contributed by atoms with Gasteiger partial charge in [0, 0.05) is 25.0 Å². The molecule has 1 aromatic carbocycles. The molecule has 9 heteroatoms. The van der Waals surface area contributed by atoms with Gasteiger partial charge in [-0.2, -0.15) is 0 Å². The van der Waals surface area contributed by atoms with E-state index in [1.165, 1.54) is 24.3 Å². The molecule has 0 saturated carbocycles. The number of aromatic nitrogens is 2. The number of ether oxygens (including phenoxy) is 1. The van der Waals surface area contributed by atoms with Gasteiger partial charge in [0.15, 0.2) is 21.3 Å². The Balaban J connectivity index is 1.66. The highest BCUT2D eigenvalue weighted by Crippen LogP contribution is 2.15. The molecule has 1 aliphatic heterocycles. The van der Waals surface area contributed by atoms with Crippen molar-refractivity contribution in [1.29, 1.82) is 0 Å². The van der Waals surface area contributed by atoms with Crippen LogP contribution in [0, 0.1) is 0 Å². The van der Waals surface area contributed by atoms with Gasteiger partial charge in [-0.05, 0) is 36.4 Å². The molecule has 0 atom stereocenters. The lowest BCUT2D eigenvalue weighted by atomic mass is 10.3. The third kappa shape index (κ3) is 4.31. The summed E-state index contributed by atoms with van der Waals surface area (Å²) in [6, 6.07) is 9.31. The molecule has 0 spiro atoms. The van der Waals surface area contributed by atoms with E-state index in [-0.39, 0.29) is 10.6 Å². The fourth-order valence-corrected chi connectivity index (χ4v) is 3.02. The van der Waals surface area contributed by atoms with E-state index in [0.29, 0.717) is 24.7 Å². The predicted molar refractivity (Wildman–Crippen MR) is 92.6 cm³/mol. The summed E-state index contributed by atoms with van der Waals surface area (Å²) in [5, 5.41) is 10.7. The van der Waals surface area contributed by atoms with E-state index in [9.17, 15) is 13.2 Å². The molecule has 1 saturated heterocycles. The minimum Gasteiger partial charge on any atom is -0.378 e. The normalized spacial score (nSPS) is 15.0. The molecule has 0 radical (unpaired) electrons. The van der Waals surface area contributed by atoms with Crippen LogP contribution >= 0.6 is 0 Å². The monoisotopic (exact) mass is 362 g/mol. The fourth-order valence-electron chi connectivity index (χ4n) is 2.39. The molecule has 1 aliphatic rings. The number of amides is 1. The van der Waals surface area contributed by atoms with Crippen molar-refractivity contribution in [3.8, 4) is 0 Å². The Bertz CT molecular complexity index is 845. The number of anilines is 2. The molecule has 8 nitrogen and oxygen atoms in total. The van der Waals surface area contributed by atoms with E-state index in [2.05, 4.69) is 15.5 Å². The Morgan fingerprint density at radius 2 is 1.76 bits per heavy atom. The molecule has 1 aromatic heterocycles. The average molecular weight is 362 g/mol. The van der Waals surface area contributed by atoms with Crippen LogP contribution in [0.25, 0.3) is 0 Å². The molecule has 2 heterocycles. The molecule has 1 fully saturated rings. The highest BCUT2D eigenvalue weighted by Gasteiger charge is 2.15. The van der Waals surface area contributed by atoms with Gasteiger partial charge >= 0.3 is 0 Å². The van der Waals surface area contributed by atoms with E-state index < -0.39 is 15.7 Å². The lowest BCUT2D eigenvalue weighted by Gasteiger charge is -2.27. The Kier molecular flexibility index (Phi) is 4.95. The van der Waals surface area contributed by atoms with Crippen molar-refractivity contribution >= 4 is 27.2 Å². The maximum Gasteiger partial charge on any atom is 0.276 e. The maximum absolute atomic E-state index is 12.2. The van der Waals surface area contributed by atoms with E-state index in [0.717, 1.165) is 19.3 Å². The molecular weight excluding hydrogens is 344 g/mol. The average Bonchev–Trinajstić information content (AvgIpc) is 2.62. The van der Waals surface area contributed by atoms with Crippen LogP contribution in [0.15, 0.2) is 41.3 Å². The third-order valence-corrected chi connectivity index (χ3v) is 4.89. The molecule has 25 heavy (non-hydrogen) atoms. The van der Waals surface area contributed by atoms with E-state index in [1.54, 1.807) is 12.1 Å². The number of sulfone groups is 1. The number of hydrogen-bond acceptors (Lipinski definition) is 7. The van der Waals surface area contributed by atoms with Crippen molar-refractivity contribution < 1.29 is 17.9 Å². The minimum absolute atomic E-state index is 0.184. The molecule has 1 amide bonds. The number of morpholine rings is 1. The highest BCUT2D eigenvalue weighted by molar-refractivity contribution is 7.90. The topological polar surface area (TPSA) is 101 Å². The van der Waals surface area contributed by atoms with Crippen LogP contribution in [0.4, 0.5) is 11.5 Å². The molecule has 2 aromatic rings. The number of benzene rings is 1. The maximum atomic E-state index is 12.2. The van der Waals surface area contributed by atoms with Gasteiger partial charge in [0.05, 0.1) is 18.1 Å². The SMILES string of the molecule is CS(=O)(=O)c1ccc(NC(=O)c2ccc(N3CCOCC3)nn2)cc1. The second-order valence-corrected chi connectivity index (χ2v) is 7.64. The van der Waals surface area contributed by atoms with Gasteiger partial charge in [-0.1, -0.05) is 0 Å². The Morgan fingerprint density at radius 3 is 2.32 bits per heavy atom. The predicted octanol–water partition coefficient (Wildman–Crippen LogP) is 0.969. The second kappa shape index (κ2) is 7.16. The standard InChI is InChI=1S/C16H18N4O4S/c1-25(22,23)13-4-2-12(3-5-13)17-16(21)14-6-7-15(19-18-14)20-8-10-24-11-9-20/h2-7H,8-11H2,1H3,(H,17,21). The van der Waals surface area contributed by atoms with Crippen LogP contribution in [0.3, 0.4) is 0 Å². The fraction of sp³-hybridized carbons (Fsp3) is 0.312. The summed E-state index contributed by atoms with van der Waals surface area (Å²) in [6.45, 7) is 2.78. The summed E-state index contributed by atoms with van der Waals surface area (Å²) >= 11 is 0. The largest absolute Gasteiger partial charge is 0.378 e. The van der Waals surface area contributed by atoms with Crippen molar-refractivity contribution in [3.63, 3.8) is 0 Å². The molecule has 1 N–H and O–H groups in total. The molecule has 0 bridgehead atoms. The van der Waals surface area contributed by atoms with E-state index >= 15 is 0 Å². The van der Waals surface area contributed by atoms with Crippen molar-refractivity contribution in [2.45, 2.75) is 4.90 Å². The number of carbonyl (C=O) groups excluding carboxylic acids is 1. The zero-order chi connectivity index (χ0) is 17.9. The molecule has 0 unspecified atom stereocenters. The summed E-state index contributed by atoms with van der Waals surface area (Å²) in [4.78, 5) is 14.5. The first kappa shape index (κ1) is 17.3. The van der Waals surface area contributed by atoms with Crippen molar-refractivity contribution in [1.82, 2.24) is 10.2 Å². The Labute approximate surface area is 145 Å². The summed E-state index contributed by atoms with van der Waals surface area (Å²) < 4.78 is 28.2. The lowest BCUT2D eigenvalue weighted by Crippen LogP contribution is -2.37. The zero-order valence-corrected chi connectivity index (χ0v) is 14.5. The van der Waals surface area contributed by atoms with Crippen molar-refractivity contribution in [2.24, 2.45) is 0 Å². The number of carbonyl (C=O) groups is 1. The summed E-state index contributed by atoms with van der Waals surface area (Å²) in [6.07, 6.45) is 1.13. The van der Waals surface area contributed by atoms with E-state index in [1.807, 2.05) is 4.90 Å². The van der Waals surface area contributed by atoms with Gasteiger partial charge in [0.2, 0.25) is 0 Å². The minimum atomic E-state index is -3.26. The Hall–Kier alpha value is -2.52. The number of nitrogens with zero attached hydrogens (tertiary/aromatic N) is 3. The molecule has 132 valence electrons. The smallest absolute Gasteiger partial charge is 0.276 e. The first-order valence-corrected chi connectivity index (χ1v) is 9.60. The highest BCUT2D eigenvalue weighted by atomic mass is 32.2. The van der Waals surface area contributed by atoms with Crippen molar-refractivity contribution in [2.75, 3.05) is 42.8 Å². The van der Waals surface area contributed by atoms with E-state index in [4.69, 9.17) is 4.74 Å². The number of rotatable bonds is 4. The number of hydrogen-bond donors (Lipinski definition) is 1. The molecular formula is C16H18N4O4S. The second-order valence-electron chi connectivity index (χ2n) is 5.63. The molecule has 3 rings (SSSR count). The zero-order valence-electron chi connectivity index (χ0n) is 13.7. The van der Waals surface area contributed by atoms with Crippen LogP contribution in [-0.4, -0.2) is 57.1 Å². The van der Waals surface area contributed by atoms with Crippen molar-refractivity contribution in [3.05, 3.63) is 42.1 Å². The Morgan fingerprint density at radius 1 is 1.08 bits per heavy atom. The van der Waals surface area contributed by atoms with Gasteiger partial charge in [-0.3, -0.25) is 4.79 Å². The number of nitrogens with one attached hydrogen (secondary N) is 1. The van der Waals surface area contributed by atoms with Crippen LogP contribution in [-0.2, 0) is 14.6 Å². The van der Waals surface area contributed by atoms with Crippen LogP contribution in [0.1, 0.15) is 10.5 Å².